The van der Waals surface area contributed by atoms with E-state index in [1.165, 1.54) is 6.33 Å². The van der Waals surface area contributed by atoms with Crippen LogP contribution in [0.5, 0.6) is 0 Å². The number of carboxylic acid groups (broad SMARTS) is 1. The van der Waals surface area contributed by atoms with E-state index in [2.05, 4.69) is 20.5 Å². The Morgan fingerprint density at radius 1 is 1.79 bits per heavy atom. The zero-order valence-corrected chi connectivity index (χ0v) is 8.03. The molecular formula is C8H14N4O2. The van der Waals surface area contributed by atoms with Gasteiger partial charge in [0.25, 0.3) is 0 Å². The van der Waals surface area contributed by atoms with E-state index in [0.717, 1.165) is 5.82 Å². The third-order valence-electron chi connectivity index (χ3n) is 1.92. The number of H-pyrrole nitrogens is 1. The van der Waals surface area contributed by atoms with Gasteiger partial charge in [0, 0.05) is 13.0 Å². The fourth-order valence-corrected chi connectivity index (χ4v) is 1.12. The molecule has 0 aliphatic carbocycles. The monoisotopic (exact) mass is 198 g/mol. The second-order valence-corrected chi connectivity index (χ2v) is 2.94. The molecule has 1 atom stereocenters. The summed E-state index contributed by atoms with van der Waals surface area (Å²) >= 11 is 0. The SMILES string of the molecule is CCC(NCCc1ncn[nH]1)C(=O)O. The van der Waals surface area contributed by atoms with E-state index in [0.29, 0.717) is 19.4 Å². The minimum absolute atomic E-state index is 0.474. The van der Waals surface area contributed by atoms with E-state index >= 15 is 0 Å². The highest BCUT2D eigenvalue weighted by Gasteiger charge is 2.13. The van der Waals surface area contributed by atoms with Crippen molar-refractivity contribution in [1.82, 2.24) is 20.5 Å². The molecule has 78 valence electrons. The van der Waals surface area contributed by atoms with E-state index in [1.807, 2.05) is 6.92 Å². The van der Waals surface area contributed by atoms with Crippen LogP contribution in [0.3, 0.4) is 0 Å². The summed E-state index contributed by atoms with van der Waals surface area (Å²) in [6.45, 7) is 2.42. The van der Waals surface area contributed by atoms with Gasteiger partial charge >= 0.3 is 5.97 Å². The Morgan fingerprint density at radius 3 is 3.07 bits per heavy atom. The molecule has 0 spiro atoms. The van der Waals surface area contributed by atoms with Crippen LogP contribution in [-0.4, -0.2) is 38.8 Å². The summed E-state index contributed by atoms with van der Waals surface area (Å²) in [6.07, 6.45) is 2.67. The van der Waals surface area contributed by atoms with E-state index in [9.17, 15) is 4.79 Å². The molecule has 0 bridgehead atoms. The molecule has 0 aliphatic rings. The Kier molecular flexibility index (Phi) is 4.06. The summed E-state index contributed by atoms with van der Waals surface area (Å²) in [6, 6.07) is -0.474. The van der Waals surface area contributed by atoms with Crippen LogP contribution in [0.25, 0.3) is 0 Å². The molecule has 0 fully saturated rings. The van der Waals surface area contributed by atoms with Crippen LogP contribution in [0, 0.1) is 0 Å². The Labute approximate surface area is 81.7 Å². The first-order valence-electron chi connectivity index (χ1n) is 4.54. The van der Waals surface area contributed by atoms with Crippen LogP contribution < -0.4 is 5.32 Å². The number of aliphatic carboxylic acids is 1. The van der Waals surface area contributed by atoms with Crippen molar-refractivity contribution >= 4 is 5.97 Å². The molecule has 1 aromatic rings. The fraction of sp³-hybridized carbons (Fsp3) is 0.625. The smallest absolute Gasteiger partial charge is 0.320 e. The molecule has 14 heavy (non-hydrogen) atoms. The van der Waals surface area contributed by atoms with Gasteiger partial charge in [-0.05, 0) is 6.42 Å². The van der Waals surface area contributed by atoms with Crippen molar-refractivity contribution in [3.05, 3.63) is 12.2 Å². The number of carbonyl (C=O) groups is 1. The maximum Gasteiger partial charge on any atom is 0.320 e. The number of aromatic amines is 1. The standard InChI is InChI=1S/C8H14N4O2/c1-2-6(8(13)14)9-4-3-7-10-5-11-12-7/h5-6,9H,2-4H2,1H3,(H,13,14)(H,10,11,12). The molecule has 3 N–H and O–H groups in total. The molecule has 0 saturated carbocycles. The lowest BCUT2D eigenvalue weighted by atomic mass is 10.2. The quantitative estimate of drug-likeness (QED) is 0.589. The van der Waals surface area contributed by atoms with Gasteiger partial charge in [0.2, 0.25) is 0 Å². The highest BCUT2D eigenvalue weighted by molar-refractivity contribution is 5.73. The van der Waals surface area contributed by atoms with Crippen molar-refractivity contribution in [2.45, 2.75) is 25.8 Å². The summed E-state index contributed by atoms with van der Waals surface area (Å²) in [7, 11) is 0. The summed E-state index contributed by atoms with van der Waals surface area (Å²) in [5.74, 6) is -0.0530. The molecule has 0 saturated heterocycles. The van der Waals surface area contributed by atoms with Crippen LogP contribution in [0.4, 0.5) is 0 Å². The van der Waals surface area contributed by atoms with Gasteiger partial charge in [0.1, 0.15) is 18.2 Å². The lowest BCUT2D eigenvalue weighted by Crippen LogP contribution is -2.37. The third-order valence-corrected chi connectivity index (χ3v) is 1.92. The van der Waals surface area contributed by atoms with Crippen LogP contribution in [0.15, 0.2) is 6.33 Å². The van der Waals surface area contributed by atoms with E-state index in [1.54, 1.807) is 0 Å². The van der Waals surface area contributed by atoms with Gasteiger partial charge in [0.05, 0.1) is 0 Å². The number of hydrogen-bond acceptors (Lipinski definition) is 4. The number of nitrogens with one attached hydrogen (secondary N) is 2. The predicted octanol–water partition coefficient (Wildman–Crippen LogP) is -0.200. The van der Waals surface area contributed by atoms with Crippen LogP contribution in [0.2, 0.25) is 0 Å². The minimum Gasteiger partial charge on any atom is -0.480 e. The van der Waals surface area contributed by atoms with Crippen molar-refractivity contribution in [1.29, 1.82) is 0 Å². The second kappa shape index (κ2) is 5.33. The van der Waals surface area contributed by atoms with Crippen molar-refractivity contribution in [2.75, 3.05) is 6.54 Å². The number of hydrogen-bond donors (Lipinski definition) is 3. The Bertz CT molecular complexity index is 273. The number of aromatic nitrogens is 3. The predicted molar refractivity (Wildman–Crippen MR) is 49.8 cm³/mol. The zero-order valence-electron chi connectivity index (χ0n) is 8.03. The maximum atomic E-state index is 10.6. The topological polar surface area (TPSA) is 90.9 Å². The highest BCUT2D eigenvalue weighted by atomic mass is 16.4. The lowest BCUT2D eigenvalue weighted by Gasteiger charge is -2.10. The van der Waals surface area contributed by atoms with Gasteiger partial charge in [-0.25, -0.2) is 4.98 Å². The van der Waals surface area contributed by atoms with Crippen molar-refractivity contribution in [3.8, 4) is 0 Å². The molecule has 1 heterocycles. The first-order valence-corrected chi connectivity index (χ1v) is 4.54. The van der Waals surface area contributed by atoms with Crippen molar-refractivity contribution < 1.29 is 9.90 Å². The number of rotatable bonds is 6. The Balaban J connectivity index is 2.23. The summed E-state index contributed by atoms with van der Waals surface area (Å²) < 4.78 is 0. The zero-order chi connectivity index (χ0) is 10.4. The minimum atomic E-state index is -0.815. The largest absolute Gasteiger partial charge is 0.480 e. The van der Waals surface area contributed by atoms with Crippen LogP contribution in [-0.2, 0) is 11.2 Å². The molecule has 0 aromatic carbocycles. The van der Waals surface area contributed by atoms with E-state index < -0.39 is 12.0 Å². The number of carboxylic acids is 1. The summed E-state index contributed by atoms with van der Waals surface area (Å²) in [5.41, 5.74) is 0. The molecule has 1 unspecified atom stereocenters. The van der Waals surface area contributed by atoms with Gasteiger partial charge in [0.15, 0.2) is 0 Å². The first-order chi connectivity index (χ1) is 6.74. The second-order valence-electron chi connectivity index (χ2n) is 2.94. The first kappa shape index (κ1) is 10.6. The van der Waals surface area contributed by atoms with Gasteiger partial charge in [-0.1, -0.05) is 6.92 Å². The molecule has 6 heteroatoms. The Hall–Kier alpha value is -1.43. The van der Waals surface area contributed by atoms with Gasteiger partial charge in [-0.15, -0.1) is 0 Å². The summed E-state index contributed by atoms with van der Waals surface area (Å²) in [4.78, 5) is 14.6. The Morgan fingerprint density at radius 2 is 2.57 bits per heavy atom. The molecule has 0 aliphatic heterocycles. The normalized spacial score (nSPS) is 12.6. The molecule has 1 rings (SSSR count). The van der Waals surface area contributed by atoms with Crippen LogP contribution >= 0.6 is 0 Å². The van der Waals surface area contributed by atoms with Crippen molar-refractivity contribution in [2.24, 2.45) is 0 Å². The average Bonchev–Trinajstić information content (AvgIpc) is 2.64. The molecule has 1 aromatic heterocycles. The van der Waals surface area contributed by atoms with Gasteiger partial charge in [-0.2, -0.15) is 5.10 Å². The molecule has 0 radical (unpaired) electrons. The number of nitrogens with zero attached hydrogens (tertiary/aromatic N) is 2. The molecule has 6 nitrogen and oxygen atoms in total. The lowest BCUT2D eigenvalue weighted by molar-refractivity contribution is -0.139. The van der Waals surface area contributed by atoms with E-state index in [4.69, 9.17) is 5.11 Å². The fourth-order valence-electron chi connectivity index (χ4n) is 1.12. The van der Waals surface area contributed by atoms with Gasteiger partial charge in [-0.3, -0.25) is 9.89 Å². The van der Waals surface area contributed by atoms with Gasteiger partial charge < -0.3 is 10.4 Å². The van der Waals surface area contributed by atoms with Crippen molar-refractivity contribution in [3.63, 3.8) is 0 Å². The summed E-state index contributed by atoms with van der Waals surface area (Å²) in [5, 5.41) is 18.1. The molecule has 0 amide bonds. The third kappa shape index (κ3) is 3.14. The molecular weight excluding hydrogens is 184 g/mol. The van der Waals surface area contributed by atoms with Crippen LogP contribution in [0.1, 0.15) is 19.2 Å². The highest BCUT2D eigenvalue weighted by Crippen LogP contribution is 1.92. The van der Waals surface area contributed by atoms with E-state index in [-0.39, 0.29) is 0 Å². The maximum absolute atomic E-state index is 10.6. The average molecular weight is 198 g/mol.